The molecule has 1 saturated heterocycles. The molecule has 292 valence electrons. The molecule has 0 spiro atoms. The van der Waals surface area contributed by atoms with Crippen molar-refractivity contribution in [2.24, 2.45) is 0 Å². The van der Waals surface area contributed by atoms with Crippen LogP contribution in [0.5, 0.6) is 5.75 Å². The molecule has 4 aromatic rings. The Hall–Kier alpha value is -0.755. The Labute approximate surface area is 323 Å². The van der Waals surface area contributed by atoms with Crippen molar-refractivity contribution < 1.29 is 54.0 Å². The molecule has 25 heteroatoms. The second kappa shape index (κ2) is 21.7. The number of aldehydes is 1. The first-order valence-corrected chi connectivity index (χ1v) is 27.2. The highest BCUT2D eigenvalue weighted by Gasteiger charge is 2.52. The fourth-order valence-corrected chi connectivity index (χ4v) is 20.3. The van der Waals surface area contributed by atoms with Crippen LogP contribution in [0.1, 0.15) is 51.2 Å². The molecule has 1 aliphatic rings. The summed E-state index contributed by atoms with van der Waals surface area (Å²) in [5.74, 6) is -3.87. The highest BCUT2D eigenvalue weighted by atomic mass is 79.9. The number of ether oxygens (including phenoxy) is 1. The minimum atomic E-state index is -2.83. The number of aromatic nitrogens is 4. The van der Waals surface area contributed by atoms with Gasteiger partial charge in [-0.1, -0.05) is 23.9 Å². The SMILES string of the molecule is CC1(C)OB(c2cnn(C(F)F)c2)OC1(C)C.COc1c(F)cc(Br)cc1F.O=Cc1c(F)cc(-c2cnn(C(F)F)c2)cc1F.PPP(P)P(P)P. The lowest BCUT2D eigenvalue weighted by molar-refractivity contribution is 0.00578. The number of rotatable bonds is 8. The van der Waals surface area contributed by atoms with Gasteiger partial charge in [-0.3, -0.25) is 4.79 Å². The molecule has 0 saturated carbocycles. The lowest BCUT2D eigenvalue weighted by Crippen LogP contribution is -2.41. The van der Waals surface area contributed by atoms with Crippen molar-refractivity contribution >= 4 is 92.4 Å². The van der Waals surface area contributed by atoms with Gasteiger partial charge in [0.15, 0.2) is 23.7 Å². The Morgan fingerprint density at radius 2 is 1.32 bits per heavy atom. The Balaban J connectivity index is 0.000000258. The van der Waals surface area contributed by atoms with Gasteiger partial charge in [-0.2, -0.15) is 27.8 Å². The van der Waals surface area contributed by atoms with Crippen LogP contribution in [-0.4, -0.2) is 51.3 Å². The van der Waals surface area contributed by atoms with Crippen LogP contribution in [0.3, 0.4) is 0 Å². The highest BCUT2D eigenvalue weighted by Crippen LogP contribution is 2.92. The van der Waals surface area contributed by atoms with Crippen molar-refractivity contribution in [3.63, 3.8) is 0 Å². The van der Waals surface area contributed by atoms with E-state index in [1.54, 1.807) is 0 Å². The summed E-state index contributed by atoms with van der Waals surface area (Å²) in [4.78, 5) is 10.4. The minimum absolute atomic E-state index is 0.0301. The van der Waals surface area contributed by atoms with Gasteiger partial charge in [-0.05, 0) is 71.5 Å². The van der Waals surface area contributed by atoms with Gasteiger partial charge in [0, 0.05) is 34.1 Å². The van der Waals surface area contributed by atoms with Crippen molar-refractivity contribution in [1.82, 2.24) is 19.6 Å². The maximum Gasteiger partial charge on any atom is 0.498 e. The maximum absolute atomic E-state index is 13.3. The molecule has 53 heavy (non-hydrogen) atoms. The summed E-state index contributed by atoms with van der Waals surface area (Å²) in [6, 6.07) is 4.06. The summed E-state index contributed by atoms with van der Waals surface area (Å²) in [5.41, 5.74) is -0.994. The third kappa shape index (κ3) is 14.0. The number of nitrogens with zero attached hydrogens (tertiary/aromatic N) is 4. The van der Waals surface area contributed by atoms with Gasteiger partial charge in [0.2, 0.25) is 0 Å². The van der Waals surface area contributed by atoms with Crippen molar-refractivity contribution in [2.45, 2.75) is 52.0 Å². The maximum atomic E-state index is 13.3. The van der Waals surface area contributed by atoms with Crippen LogP contribution in [0.25, 0.3) is 11.1 Å². The van der Waals surface area contributed by atoms with Crippen molar-refractivity contribution in [3.8, 4) is 16.9 Å². The van der Waals surface area contributed by atoms with Gasteiger partial charge in [-0.25, -0.2) is 26.9 Å². The van der Waals surface area contributed by atoms with Crippen LogP contribution in [0.4, 0.5) is 35.1 Å². The summed E-state index contributed by atoms with van der Waals surface area (Å²) < 4.78 is 119. The van der Waals surface area contributed by atoms with E-state index in [1.165, 1.54) is 19.5 Å². The van der Waals surface area contributed by atoms with E-state index < -0.39 is 60.3 Å². The molecular formula is C28H35BBrF8N4O4P7. The number of halogens is 9. The molecule has 2 aromatic heterocycles. The molecule has 6 atom stereocenters. The third-order valence-corrected chi connectivity index (χ3v) is 38.2. The number of hydrogen-bond donors (Lipinski definition) is 0. The van der Waals surface area contributed by atoms with E-state index in [1.807, 2.05) is 27.7 Å². The van der Waals surface area contributed by atoms with Crippen molar-refractivity contribution in [2.75, 3.05) is 7.11 Å². The Morgan fingerprint density at radius 1 is 0.849 bits per heavy atom. The smallest absolute Gasteiger partial charge is 0.491 e. The minimum Gasteiger partial charge on any atom is -0.491 e. The van der Waals surface area contributed by atoms with E-state index in [2.05, 4.69) is 66.6 Å². The number of hydrogen-bond acceptors (Lipinski definition) is 6. The average Bonchev–Trinajstić information content (AvgIpc) is 3.80. The van der Waals surface area contributed by atoms with E-state index in [9.17, 15) is 39.9 Å². The van der Waals surface area contributed by atoms with Crippen LogP contribution in [0.15, 0.2) is 53.5 Å². The predicted molar refractivity (Wildman–Crippen MR) is 215 cm³/mol. The normalized spacial score (nSPS) is 15.2. The van der Waals surface area contributed by atoms with Crippen LogP contribution >= 0.6 is 73.6 Å². The van der Waals surface area contributed by atoms with Gasteiger partial charge >= 0.3 is 20.2 Å². The van der Waals surface area contributed by atoms with Crippen LogP contribution < -0.4 is 10.2 Å². The van der Waals surface area contributed by atoms with E-state index in [0.717, 1.165) is 44.6 Å². The molecule has 0 aliphatic carbocycles. The van der Waals surface area contributed by atoms with Gasteiger partial charge in [0.1, 0.15) is 11.6 Å². The molecule has 3 heterocycles. The number of benzene rings is 2. The number of carbonyl (C=O) groups excluding carboxylic acids is 1. The standard InChI is InChI=1S/C11H6F4N2O.C10H15BF2N2O2.C7H5BrF2O.H9P7/c12-9-1-6(2-10(13)8(9)5-18)7-3-16-17(4-7)11(14)15;1-9(2)10(3,4)17-11(16-9)7-5-14-15(6-7)8(12)13;1-11-7-5(9)2-4(8)3-6(7)10;1-5-7(4)6(2)3/h1-5,11H;5-6,8H,1-4H3;2-3H,1H3;5H,1-4H2. The van der Waals surface area contributed by atoms with Gasteiger partial charge in [0.25, 0.3) is 0 Å². The largest absolute Gasteiger partial charge is 0.498 e. The highest BCUT2D eigenvalue weighted by molar-refractivity contribution is 9.10. The fraction of sp³-hybridized carbons (Fsp3) is 0.321. The Morgan fingerprint density at radius 3 is 1.68 bits per heavy atom. The lowest BCUT2D eigenvalue weighted by Gasteiger charge is -2.32. The molecule has 8 nitrogen and oxygen atoms in total. The average molecular weight is 951 g/mol. The van der Waals surface area contributed by atoms with Crippen LogP contribution in [0.2, 0.25) is 0 Å². The number of alkyl halides is 4. The Kier molecular flexibility index (Phi) is 19.8. The fourth-order valence-electron chi connectivity index (χ4n) is 3.81. The molecule has 0 radical (unpaired) electrons. The number of carbonyl (C=O) groups is 1. The molecule has 1 fully saturated rings. The van der Waals surface area contributed by atoms with Gasteiger partial charge in [0.05, 0.1) is 30.1 Å². The number of methoxy groups -OCH3 is 1. The zero-order valence-corrected chi connectivity index (χ0v) is 37.4. The van der Waals surface area contributed by atoms with Gasteiger partial charge < -0.3 is 14.0 Å². The van der Waals surface area contributed by atoms with Crippen LogP contribution in [0, 0.1) is 23.3 Å². The third-order valence-electron chi connectivity index (χ3n) is 7.23. The molecule has 0 N–H and O–H groups in total. The summed E-state index contributed by atoms with van der Waals surface area (Å²) in [7, 11) is 13.0. The second-order valence-electron chi connectivity index (χ2n) is 11.3. The van der Waals surface area contributed by atoms with Gasteiger partial charge in [-0.15, -0.1) is 35.7 Å². The molecular weight excluding hydrogens is 916 g/mol. The summed E-state index contributed by atoms with van der Waals surface area (Å²) in [5, 5.41) is 6.91. The predicted octanol–water partition coefficient (Wildman–Crippen LogP) is 11.0. The van der Waals surface area contributed by atoms with E-state index in [4.69, 9.17) is 9.31 Å². The second-order valence-corrected chi connectivity index (χ2v) is 34.4. The van der Waals surface area contributed by atoms with E-state index in [0.29, 0.717) is 19.3 Å². The van der Waals surface area contributed by atoms with E-state index in [-0.39, 0.29) is 37.1 Å². The zero-order valence-electron chi connectivity index (χ0n) is 28.5. The molecule has 0 bridgehead atoms. The summed E-state index contributed by atoms with van der Waals surface area (Å²) >= 11 is 2.94. The molecule has 6 unspecified atom stereocenters. The first-order valence-electron chi connectivity index (χ1n) is 14.5. The quantitative estimate of drug-likeness (QED) is 0.0758. The lowest BCUT2D eigenvalue weighted by atomic mass is 9.82. The molecule has 2 aromatic carbocycles. The first-order chi connectivity index (χ1) is 24.6. The van der Waals surface area contributed by atoms with Crippen LogP contribution in [-0.2, 0) is 9.31 Å². The van der Waals surface area contributed by atoms with Crippen molar-refractivity contribution in [1.29, 1.82) is 0 Å². The zero-order chi connectivity index (χ0) is 40.4. The Bertz CT molecular complexity index is 1750. The summed E-state index contributed by atoms with van der Waals surface area (Å²) in [6.07, 6.45) is 4.65. The topological polar surface area (TPSA) is 80.4 Å². The van der Waals surface area contributed by atoms with Crippen molar-refractivity contribution in [3.05, 3.63) is 82.4 Å². The monoisotopic (exact) mass is 950 g/mol. The first kappa shape index (κ1) is 48.4. The van der Waals surface area contributed by atoms with E-state index >= 15 is 0 Å². The molecule has 0 amide bonds. The molecule has 5 rings (SSSR count). The molecule has 1 aliphatic heterocycles. The summed E-state index contributed by atoms with van der Waals surface area (Å²) in [6.45, 7) is 2.60.